The van der Waals surface area contributed by atoms with E-state index >= 15 is 0 Å². The van der Waals surface area contributed by atoms with Gasteiger partial charge < -0.3 is 33.2 Å². The molecule has 204 valence electrons. The van der Waals surface area contributed by atoms with E-state index in [1.54, 1.807) is 30.3 Å². The van der Waals surface area contributed by atoms with Gasteiger partial charge in [-0.1, -0.05) is 54.6 Å². The number of rotatable bonds is 14. The lowest BCUT2D eigenvalue weighted by atomic mass is 9.98. The number of carbonyl (C=O) groups excluding carboxylic acids is 3. The van der Waals surface area contributed by atoms with E-state index in [-0.39, 0.29) is 38.4 Å². The van der Waals surface area contributed by atoms with E-state index < -0.39 is 42.6 Å². The van der Waals surface area contributed by atoms with Crippen molar-refractivity contribution in [3.05, 3.63) is 84.4 Å². The molecule has 2 aromatic rings. The van der Waals surface area contributed by atoms with Crippen molar-refractivity contribution in [2.75, 3.05) is 20.3 Å². The molecule has 0 radical (unpaired) electrons. The lowest BCUT2D eigenvalue weighted by molar-refractivity contribution is -0.305. The zero-order valence-electron chi connectivity index (χ0n) is 21.7. The van der Waals surface area contributed by atoms with E-state index in [0.29, 0.717) is 5.56 Å². The van der Waals surface area contributed by atoms with Crippen LogP contribution in [0.1, 0.15) is 35.7 Å². The van der Waals surface area contributed by atoms with Crippen molar-refractivity contribution in [3.63, 3.8) is 0 Å². The van der Waals surface area contributed by atoms with Gasteiger partial charge in [0.25, 0.3) is 0 Å². The minimum atomic E-state index is -1.11. The van der Waals surface area contributed by atoms with Crippen LogP contribution in [0.25, 0.3) is 0 Å². The lowest BCUT2D eigenvalue weighted by Gasteiger charge is -2.44. The highest BCUT2D eigenvalue weighted by Crippen LogP contribution is 2.30. The fourth-order valence-electron chi connectivity index (χ4n) is 3.96. The van der Waals surface area contributed by atoms with Gasteiger partial charge in [-0.15, -0.1) is 6.58 Å². The standard InChI is InChI=1S/C29H34O9/c1-4-17-35-27-26(37-24(31)16-15-20(2)30)25(38-28(32)22-13-9-6-10-14-22)23(36-29(27)33-3)19-34-18-21-11-7-5-8-12-21/h4-14,23,25-27,29H,1,15-19H2,2-3H3/t23-,25-,26+,27-,29+/m1/s1. The number of benzene rings is 2. The molecule has 0 bridgehead atoms. The molecule has 3 rings (SSSR count). The predicted molar refractivity (Wildman–Crippen MR) is 137 cm³/mol. The maximum absolute atomic E-state index is 13.1. The summed E-state index contributed by atoms with van der Waals surface area (Å²) in [6, 6.07) is 18.0. The van der Waals surface area contributed by atoms with Crippen LogP contribution in [0.15, 0.2) is 73.3 Å². The zero-order valence-corrected chi connectivity index (χ0v) is 21.7. The molecule has 0 saturated carbocycles. The van der Waals surface area contributed by atoms with E-state index in [1.165, 1.54) is 20.1 Å². The maximum Gasteiger partial charge on any atom is 0.338 e. The molecule has 0 aromatic heterocycles. The van der Waals surface area contributed by atoms with Crippen LogP contribution in [0.3, 0.4) is 0 Å². The smallest absolute Gasteiger partial charge is 0.338 e. The van der Waals surface area contributed by atoms with Crippen LogP contribution in [0.4, 0.5) is 0 Å². The number of carbonyl (C=O) groups is 3. The van der Waals surface area contributed by atoms with E-state index in [4.69, 9.17) is 28.4 Å². The largest absolute Gasteiger partial charge is 0.455 e. The summed E-state index contributed by atoms with van der Waals surface area (Å²) in [5.74, 6) is -1.42. The Balaban J connectivity index is 1.88. The molecule has 0 spiro atoms. The topological polar surface area (TPSA) is 107 Å². The van der Waals surface area contributed by atoms with Gasteiger partial charge in [0.15, 0.2) is 18.5 Å². The average molecular weight is 527 g/mol. The molecule has 9 nitrogen and oxygen atoms in total. The Hall–Kier alpha value is -3.37. The molecule has 38 heavy (non-hydrogen) atoms. The average Bonchev–Trinajstić information content (AvgIpc) is 2.93. The minimum Gasteiger partial charge on any atom is -0.455 e. The Bertz CT molecular complexity index is 1040. The summed E-state index contributed by atoms with van der Waals surface area (Å²) in [7, 11) is 1.43. The highest BCUT2D eigenvalue weighted by Gasteiger charge is 2.51. The third kappa shape index (κ3) is 8.59. The molecule has 2 aromatic carbocycles. The first-order chi connectivity index (χ1) is 18.4. The molecule has 1 fully saturated rings. The van der Waals surface area contributed by atoms with Gasteiger partial charge in [0.1, 0.15) is 18.0 Å². The Morgan fingerprint density at radius 3 is 2.24 bits per heavy atom. The van der Waals surface area contributed by atoms with Crippen molar-refractivity contribution in [2.45, 2.75) is 57.1 Å². The van der Waals surface area contributed by atoms with Crippen molar-refractivity contribution in [3.8, 4) is 0 Å². The summed E-state index contributed by atoms with van der Waals surface area (Å²) in [4.78, 5) is 37.2. The second-order valence-corrected chi connectivity index (χ2v) is 8.76. The van der Waals surface area contributed by atoms with Gasteiger partial charge in [-0.2, -0.15) is 0 Å². The third-order valence-electron chi connectivity index (χ3n) is 5.83. The Morgan fingerprint density at radius 2 is 1.61 bits per heavy atom. The van der Waals surface area contributed by atoms with Crippen molar-refractivity contribution < 1.29 is 42.8 Å². The normalized spacial score (nSPS) is 22.8. The minimum absolute atomic E-state index is 0.0111. The summed E-state index contributed by atoms with van der Waals surface area (Å²) in [5, 5.41) is 0. The number of hydrogen-bond acceptors (Lipinski definition) is 9. The van der Waals surface area contributed by atoms with Crippen molar-refractivity contribution in [2.24, 2.45) is 0 Å². The van der Waals surface area contributed by atoms with Crippen LogP contribution in [0.2, 0.25) is 0 Å². The van der Waals surface area contributed by atoms with Crippen molar-refractivity contribution >= 4 is 17.7 Å². The lowest BCUT2D eigenvalue weighted by Crippen LogP contribution is -2.62. The van der Waals surface area contributed by atoms with Crippen LogP contribution >= 0.6 is 0 Å². The van der Waals surface area contributed by atoms with Crippen LogP contribution in [0, 0.1) is 0 Å². The third-order valence-corrected chi connectivity index (χ3v) is 5.83. The molecule has 0 unspecified atom stereocenters. The zero-order chi connectivity index (χ0) is 27.3. The molecule has 0 N–H and O–H groups in total. The van der Waals surface area contributed by atoms with E-state index in [0.717, 1.165) is 5.56 Å². The van der Waals surface area contributed by atoms with Gasteiger partial charge in [0.05, 0.1) is 31.8 Å². The fraction of sp³-hybridized carbons (Fsp3) is 0.414. The van der Waals surface area contributed by atoms with E-state index in [1.807, 2.05) is 30.3 Å². The Labute approximate surface area is 222 Å². The second kappa shape index (κ2) is 15.1. The summed E-state index contributed by atoms with van der Waals surface area (Å²) in [6.45, 7) is 5.46. The summed E-state index contributed by atoms with van der Waals surface area (Å²) in [6.07, 6.45) is -3.55. The Kier molecular flexibility index (Phi) is 11.6. The van der Waals surface area contributed by atoms with Crippen LogP contribution in [-0.4, -0.2) is 68.8 Å². The van der Waals surface area contributed by atoms with Crippen LogP contribution in [-0.2, 0) is 44.6 Å². The van der Waals surface area contributed by atoms with Gasteiger partial charge in [0, 0.05) is 13.5 Å². The summed E-state index contributed by atoms with van der Waals surface area (Å²) in [5.41, 5.74) is 1.26. The molecular formula is C29H34O9. The predicted octanol–water partition coefficient (Wildman–Crippen LogP) is 3.65. The fourth-order valence-corrected chi connectivity index (χ4v) is 3.96. The molecule has 1 heterocycles. The second-order valence-electron chi connectivity index (χ2n) is 8.76. The van der Waals surface area contributed by atoms with Crippen LogP contribution < -0.4 is 0 Å². The molecule has 0 amide bonds. The monoisotopic (exact) mass is 526 g/mol. The molecular weight excluding hydrogens is 492 g/mol. The molecule has 0 aliphatic carbocycles. The summed E-state index contributed by atoms with van der Waals surface area (Å²) >= 11 is 0. The van der Waals surface area contributed by atoms with E-state index in [9.17, 15) is 14.4 Å². The number of ketones is 1. The summed E-state index contributed by atoms with van der Waals surface area (Å²) < 4.78 is 35.1. The van der Waals surface area contributed by atoms with Crippen molar-refractivity contribution in [1.82, 2.24) is 0 Å². The molecule has 1 aliphatic heterocycles. The first-order valence-corrected chi connectivity index (χ1v) is 12.4. The number of hydrogen-bond donors (Lipinski definition) is 0. The van der Waals surface area contributed by atoms with Gasteiger partial charge in [-0.05, 0) is 24.6 Å². The number of esters is 2. The van der Waals surface area contributed by atoms with Crippen LogP contribution in [0.5, 0.6) is 0 Å². The first kappa shape index (κ1) is 29.2. The quantitative estimate of drug-likeness (QED) is 0.269. The SMILES string of the molecule is C=CCO[C@H]1[C@@H](OC)O[C@H](COCc2ccccc2)[C@@H](OC(=O)c2ccccc2)[C@@H]1OC(=O)CCC(C)=O. The van der Waals surface area contributed by atoms with Crippen molar-refractivity contribution in [1.29, 1.82) is 0 Å². The van der Waals surface area contributed by atoms with Gasteiger partial charge in [-0.25, -0.2) is 4.79 Å². The number of ether oxygens (including phenoxy) is 6. The van der Waals surface area contributed by atoms with Gasteiger partial charge >= 0.3 is 11.9 Å². The molecule has 9 heteroatoms. The Morgan fingerprint density at radius 1 is 0.921 bits per heavy atom. The van der Waals surface area contributed by atoms with Gasteiger partial charge in [-0.3, -0.25) is 4.79 Å². The maximum atomic E-state index is 13.1. The molecule has 1 saturated heterocycles. The number of methoxy groups -OCH3 is 1. The molecule has 1 aliphatic rings. The van der Waals surface area contributed by atoms with Gasteiger partial charge in [0.2, 0.25) is 0 Å². The molecule has 5 atom stereocenters. The highest BCUT2D eigenvalue weighted by atomic mass is 16.7. The van der Waals surface area contributed by atoms with E-state index in [2.05, 4.69) is 6.58 Å². The first-order valence-electron chi connectivity index (χ1n) is 12.4. The highest BCUT2D eigenvalue weighted by molar-refractivity contribution is 5.89. The number of Topliss-reactive ketones (excluding diaryl/α,β-unsaturated/α-hetero) is 1.